The van der Waals surface area contributed by atoms with Crippen LogP contribution >= 0.6 is 15.9 Å². The lowest BCUT2D eigenvalue weighted by atomic mass is 10.0. The Balaban J connectivity index is 2.19. The minimum Gasteiger partial charge on any atom is -0.393 e. The minimum atomic E-state index is -0.218. The average Bonchev–Trinajstić information content (AvgIpc) is 2.94. The van der Waals surface area contributed by atoms with Crippen LogP contribution in [0, 0.1) is 5.92 Å². The molecule has 1 aromatic carbocycles. The van der Waals surface area contributed by atoms with Crippen LogP contribution in [0.1, 0.15) is 45.2 Å². The van der Waals surface area contributed by atoms with E-state index in [2.05, 4.69) is 58.2 Å². The molecule has 1 fully saturated rings. The normalized spacial score (nSPS) is 21.6. The van der Waals surface area contributed by atoms with Crippen LogP contribution in [0.4, 0.5) is 5.69 Å². The van der Waals surface area contributed by atoms with E-state index in [4.69, 9.17) is 0 Å². The van der Waals surface area contributed by atoms with Gasteiger partial charge < -0.3 is 15.3 Å². The van der Waals surface area contributed by atoms with Crippen molar-refractivity contribution in [2.75, 3.05) is 24.5 Å². The fraction of sp³-hybridized carbons (Fsp3) is 0.647. The van der Waals surface area contributed by atoms with E-state index in [0.717, 1.165) is 36.9 Å². The molecule has 0 bridgehead atoms. The fourth-order valence-corrected chi connectivity index (χ4v) is 3.41. The van der Waals surface area contributed by atoms with Gasteiger partial charge in [-0.1, -0.05) is 22.9 Å². The van der Waals surface area contributed by atoms with E-state index in [1.54, 1.807) is 0 Å². The number of halogens is 1. The Labute approximate surface area is 136 Å². The molecule has 1 aliphatic heterocycles. The van der Waals surface area contributed by atoms with Crippen LogP contribution in [0.3, 0.4) is 0 Å². The Morgan fingerprint density at radius 3 is 2.81 bits per heavy atom. The molecule has 3 atom stereocenters. The van der Waals surface area contributed by atoms with Crippen molar-refractivity contribution in [1.82, 2.24) is 5.32 Å². The molecule has 0 aliphatic carbocycles. The van der Waals surface area contributed by atoms with Crippen molar-refractivity contribution in [3.05, 3.63) is 28.2 Å². The summed E-state index contributed by atoms with van der Waals surface area (Å²) in [5, 5.41) is 13.4. The first-order chi connectivity index (χ1) is 10.0. The van der Waals surface area contributed by atoms with Crippen LogP contribution in [-0.2, 0) is 0 Å². The largest absolute Gasteiger partial charge is 0.393 e. The highest BCUT2D eigenvalue weighted by Crippen LogP contribution is 2.33. The molecule has 1 aliphatic rings. The number of nitrogens with zero attached hydrogens (tertiary/aromatic N) is 1. The molecule has 0 spiro atoms. The molecule has 1 saturated heterocycles. The maximum absolute atomic E-state index is 9.81. The zero-order valence-electron chi connectivity index (χ0n) is 13.3. The molecule has 1 aromatic rings. The van der Waals surface area contributed by atoms with E-state index in [-0.39, 0.29) is 6.10 Å². The molecule has 0 amide bonds. The minimum absolute atomic E-state index is 0.218. The van der Waals surface area contributed by atoms with Crippen molar-refractivity contribution in [3.8, 4) is 0 Å². The number of nitrogens with one attached hydrogen (secondary N) is 1. The summed E-state index contributed by atoms with van der Waals surface area (Å²) in [6.07, 6.45) is 2.00. The number of hydrogen-bond donors (Lipinski definition) is 2. The predicted molar refractivity (Wildman–Crippen MR) is 92.9 cm³/mol. The highest BCUT2D eigenvalue weighted by Gasteiger charge is 2.28. The quantitative estimate of drug-likeness (QED) is 0.817. The van der Waals surface area contributed by atoms with Crippen LogP contribution in [0.2, 0.25) is 0 Å². The zero-order valence-corrected chi connectivity index (χ0v) is 14.9. The third-order valence-electron chi connectivity index (χ3n) is 4.40. The number of rotatable bonds is 6. The van der Waals surface area contributed by atoms with Gasteiger partial charge in [-0.3, -0.25) is 0 Å². The standard InChI is InChI=1S/C17H27BrN2O/c1-4-8-19-12(2)16-10-15(18)5-6-17(16)20-9-7-14(11-20)13(3)21/h5-6,10,12-14,19,21H,4,7-9,11H2,1-3H3. The average molecular weight is 355 g/mol. The van der Waals surface area contributed by atoms with Gasteiger partial charge in [-0.25, -0.2) is 0 Å². The molecular formula is C17H27BrN2O. The summed E-state index contributed by atoms with van der Waals surface area (Å²) in [7, 11) is 0. The lowest BCUT2D eigenvalue weighted by Crippen LogP contribution is -2.27. The summed E-state index contributed by atoms with van der Waals surface area (Å²) >= 11 is 3.59. The molecular weight excluding hydrogens is 328 g/mol. The number of aliphatic hydroxyl groups is 1. The second-order valence-electron chi connectivity index (χ2n) is 6.11. The van der Waals surface area contributed by atoms with Gasteiger partial charge >= 0.3 is 0 Å². The van der Waals surface area contributed by atoms with Gasteiger partial charge in [0.05, 0.1) is 6.10 Å². The molecule has 3 nitrogen and oxygen atoms in total. The van der Waals surface area contributed by atoms with Gasteiger partial charge in [-0.15, -0.1) is 0 Å². The molecule has 0 saturated carbocycles. The lowest BCUT2D eigenvalue weighted by molar-refractivity contribution is 0.136. The van der Waals surface area contributed by atoms with Crippen LogP contribution in [0.5, 0.6) is 0 Å². The van der Waals surface area contributed by atoms with E-state index < -0.39 is 0 Å². The Morgan fingerprint density at radius 2 is 2.19 bits per heavy atom. The van der Waals surface area contributed by atoms with E-state index in [1.165, 1.54) is 11.3 Å². The molecule has 1 heterocycles. The van der Waals surface area contributed by atoms with Crippen molar-refractivity contribution in [3.63, 3.8) is 0 Å². The number of aliphatic hydroxyl groups excluding tert-OH is 1. The van der Waals surface area contributed by atoms with Crippen molar-refractivity contribution < 1.29 is 5.11 Å². The summed E-state index contributed by atoms with van der Waals surface area (Å²) in [4.78, 5) is 2.42. The maximum Gasteiger partial charge on any atom is 0.0557 e. The second-order valence-corrected chi connectivity index (χ2v) is 7.03. The first-order valence-corrected chi connectivity index (χ1v) is 8.78. The molecule has 4 heteroatoms. The summed E-state index contributed by atoms with van der Waals surface area (Å²) in [5.74, 6) is 0.389. The summed E-state index contributed by atoms with van der Waals surface area (Å²) < 4.78 is 1.12. The van der Waals surface area contributed by atoms with Gasteiger partial charge in [0, 0.05) is 35.2 Å². The van der Waals surface area contributed by atoms with Crippen molar-refractivity contribution in [2.45, 2.75) is 45.8 Å². The monoisotopic (exact) mass is 354 g/mol. The fourth-order valence-electron chi connectivity index (χ4n) is 3.03. The van der Waals surface area contributed by atoms with Crippen molar-refractivity contribution >= 4 is 21.6 Å². The van der Waals surface area contributed by atoms with Gasteiger partial charge in [0.25, 0.3) is 0 Å². The third-order valence-corrected chi connectivity index (χ3v) is 4.90. The number of benzene rings is 1. The topological polar surface area (TPSA) is 35.5 Å². The highest BCUT2D eigenvalue weighted by atomic mass is 79.9. The number of hydrogen-bond acceptors (Lipinski definition) is 3. The van der Waals surface area contributed by atoms with Gasteiger partial charge in [0.1, 0.15) is 0 Å². The van der Waals surface area contributed by atoms with Crippen LogP contribution < -0.4 is 10.2 Å². The first-order valence-electron chi connectivity index (χ1n) is 7.98. The van der Waals surface area contributed by atoms with E-state index in [1.807, 2.05) is 6.92 Å². The second kappa shape index (κ2) is 7.61. The SMILES string of the molecule is CCCNC(C)c1cc(Br)ccc1N1CCC(C(C)O)C1. The summed E-state index contributed by atoms with van der Waals surface area (Å²) in [5.41, 5.74) is 2.64. The molecule has 3 unspecified atom stereocenters. The van der Waals surface area contributed by atoms with Crippen molar-refractivity contribution in [2.24, 2.45) is 5.92 Å². The van der Waals surface area contributed by atoms with Crippen LogP contribution in [0.15, 0.2) is 22.7 Å². The zero-order chi connectivity index (χ0) is 15.4. The molecule has 21 heavy (non-hydrogen) atoms. The molecule has 118 valence electrons. The molecule has 2 rings (SSSR count). The molecule has 2 N–H and O–H groups in total. The Bertz CT molecular complexity index is 464. The summed E-state index contributed by atoms with van der Waals surface area (Å²) in [6, 6.07) is 6.87. The smallest absolute Gasteiger partial charge is 0.0557 e. The lowest BCUT2D eigenvalue weighted by Gasteiger charge is -2.26. The van der Waals surface area contributed by atoms with Crippen molar-refractivity contribution in [1.29, 1.82) is 0 Å². The van der Waals surface area contributed by atoms with E-state index >= 15 is 0 Å². The van der Waals surface area contributed by atoms with Gasteiger partial charge in [-0.05, 0) is 57.0 Å². The van der Waals surface area contributed by atoms with Gasteiger partial charge in [-0.2, -0.15) is 0 Å². The van der Waals surface area contributed by atoms with Crippen LogP contribution in [-0.4, -0.2) is 30.8 Å². The van der Waals surface area contributed by atoms with Gasteiger partial charge in [0.2, 0.25) is 0 Å². The van der Waals surface area contributed by atoms with Gasteiger partial charge in [0.15, 0.2) is 0 Å². The third kappa shape index (κ3) is 4.21. The van der Waals surface area contributed by atoms with E-state index in [9.17, 15) is 5.11 Å². The highest BCUT2D eigenvalue weighted by molar-refractivity contribution is 9.10. The molecule has 0 aromatic heterocycles. The Hall–Kier alpha value is -0.580. The molecule has 0 radical (unpaired) electrons. The predicted octanol–water partition coefficient (Wildman–Crippen LogP) is 3.72. The first kappa shape index (κ1) is 16.8. The summed E-state index contributed by atoms with van der Waals surface area (Å²) in [6.45, 7) is 9.33. The Kier molecular flexibility index (Phi) is 6.08. The maximum atomic E-state index is 9.81. The van der Waals surface area contributed by atoms with E-state index in [0.29, 0.717) is 12.0 Å². The Morgan fingerprint density at radius 1 is 1.43 bits per heavy atom. The van der Waals surface area contributed by atoms with Crippen LogP contribution in [0.25, 0.3) is 0 Å². The number of anilines is 1.